The van der Waals surface area contributed by atoms with Crippen molar-refractivity contribution in [3.8, 4) is 11.4 Å². The number of fused-ring (bicyclic) bond motifs is 1. The third-order valence-electron chi connectivity index (χ3n) is 4.05. The molecule has 1 atom stereocenters. The number of carbonyl (C=O) groups excluding carboxylic acids is 1. The van der Waals surface area contributed by atoms with Gasteiger partial charge in [0.1, 0.15) is 23.4 Å². The van der Waals surface area contributed by atoms with Gasteiger partial charge in [-0.3, -0.25) is 4.79 Å². The van der Waals surface area contributed by atoms with Gasteiger partial charge in [0.25, 0.3) is 5.91 Å². The molecule has 0 radical (unpaired) electrons. The van der Waals surface area contributed by atoms with Crippen LogP contribution in [-0.4, -0.2) is 32.7 Å². The molecule has 2 heterocycles. The maximum Gasteiger partial charge on any atom is 0.258 e. The molecule has 2 aromatic heterocycles. The lowest BCUT2D eigenvalue weighted by molar-refractivity contribution is -0.123. The average Bonchev–Trinajstić information content (AvgIpc) is 3.36. The zero-order valence-electron chi connectivity index (χ0n) is 14.6. The van der Waals surface area contributed by atoms with Crippen molar-refractivity contribution >= 4 is 16.9 Å². The van der Waals surface area contributed by atoms with Crippen molar-refractivity contribution in [3.63, 3.8) is 0 Å². The summed E-state index contributed by atoms with van der Waals surface area (Å²) in [5.74, 6) is 1.01. The fourth-order valence-corrected chi connectivity index (χ4v) is 2.71. The number of rotatable bonds is 6. The Labute approximate surface area is 154 Å². The molecule has 0 aliphatic heterocycles. The molecule has 0 saturated carbocycles. The lowest BCUT2D eigenvalue weighted by Crippen LogP contribution is -2.31. The quantitative estimate of drug-likeness (QED) is 0.566. The fraction of sp³-hybridized carbons (Fsp3) is 0.158. The third-order valence-corrected chi connectivity index (χ3v) is 4.05. The van der Waals surface area contributed by atoms with Crippen molar-refractivity contribution in [3.05, 3.63) is 66.7 Å². The summed E-state index contributed by atoms with van der Waals surface area (Å²) >= 11 is 0. The summed E-state index contributed by atoms with van der Waals surface area (Å²) in [6.07, 6.45) is 1.49. The molecule has 4 aromatic rings. The first kappa shape index (κ1) is 16.8. The summed E-state index contributed by atoms with van der Waals surface area (Å²) < 4.78 is 12.9. The van der Waals surface area contributed by atoms with Gasteiger partial charge in [-0.2, -0.15) is 0 Å². The molecule has 1 amide bonds. The van der Waals surface area contributed by atoms with Crippen LogP contribution in [0.25, 0.3) is 16.7 Å². The molecular weight excluding hydrogens is 346 g/mol. The van der Waals surface area contributed by atoms with Gasteiger partial charge >= 0.3 is 0 Å². The summed E-state index contributed by atoms with van der Waals surface area (Å²) in [4.78, 5) is 12.2. The first-order chi connectivity index (χ1) is 13.2. The molecule has 8 heteroatoms. The van der Waals surface area contributed by atoms with E-state index in [2.05, 4.69) is 20.8 Å². The summed E-state index contributed by atoms with van der Waals surface area (Å²) in [5, 5.41) is 14.9. The number of hydrogen-bond acceptors (Lipinski definition) is 6. The topological polar surface area (TPSA) is 95.1 Å². The van der Waals surface area contributed by atoms with Gasteiger partial charge in [0.05, 0.1) is 11.7 Å². The van der Waals surface area contributed by atoms with E-state index in [4.69, 9.17) is 9.15 Å². The maximum absolute atomic E-state index is 12.2. The predicted octanol–water partition coefficient (Wildman–Crippen LogP) is 2.66. The Bertz CT molecular complexity index is 1030. The summed E-state index contributed by atoms with van der Waals surface area (Å²) in [5.41, 5.74) is 1.54. The minimum atomic E-state index is -0.263. The average molecular weight is 363 g/mol. The molecule has 2 aromatic carbocycles. The van der Waals surface area contributed by atoms with Crippen molar-refractivity contribution in [1.29, 1.82) is 0 Å². The van der Waals surface area contributed by atoms with Crippen LogP contribution in [0.4, 0.5) is 0 Å². The largest absolute Gasteiger partial charge is 0.484 e. The predicted molar refractivity (Wildman–Crippen MR) is 97.4 cm³/mol. The van der Waals surface area contributed by atoms with Crippen LogP contribution in [0, 0.1) is 0 Å². The second kappa shape index (κ2) is 7.28. The molecule has 0 bridgehead atoms. The minimum Gasteiger partial charge on any atom is -0.484 e. The van der Waals surface area contributed by atoms with Crippen molar-refractivity contribution in [2.75, 3.05) is 6.61 Å². The van der Waals surface area contributed by atoms with Crippen molar-refractivity contribution in [1.82, 2.24) is 25.5 Å². The Morgan fingerprint density at radius 3 is 2.93 bits per heavy atom. The molecule has 136 valence electrons. The third kappa shape index (κ3) is 3.79. The van der Waals surface area contributed by atoms with Gasteiger partial charge in [-0.25, -0.2) is 4.68 Å². The van der Waals surface area contributed by atoms with Gasteiger partial charge in [0, 0.05) is 11.5 Å². The van der Waals surface area contributed by atoms with Crippen LogP contribution in [0.1, 0.15) is 18.7 Å². The second-order valence-corrected chi connectivity index (χ2v) is 6.02. The van der Waals surface area contributed by atoms with E-state index in [9.17, 15) is 4.79 Å². The zero-order chi connectivity index (χ0) is 18.6. The van der Waals surface area contributed by atoms with Crippen LogP contribution >= 0.6 is 0 Å². The van der Waals surface area contributed by atoms with Crippen LogP contribution < -0.4 is 10.1 Å². The fourth-order valence-electron chi connectivity index (χ4n) is 2.71. The lowest BCUT2D eigenvalue weighted by atomic mass is 10.2. The standard InChI is InChI=1S/C19H17N5O3/c1-13(18-9-14-5-2-3-8-17(14)27-18)21-19(25)11-26-16-7-4-6-15(10-16)24-12-20-22-23-24/h2-10,12-13H,11H2,1H3,(H,21,25). The van der Waals surface area contributed by atoms with E-state index in [-0.39, 0.29) is 18.6 Å². The monoisotopic (exact) mass is 363 g/mol. The van der Waals surface area contributed by atoms with E-state index in [1.54, 1.807) is 18.2 Å². The molecule has 0 fully saturated rings. The van der Waals surface area contributed by atoms with E-state index in [0.29, 0.717) is 11.5 Å². The molecular formula is C19H17N5O3. The van der Waals surface area contributed by atoms with Gasteiger partial charge in [0.15, 0.2) is 6.61 Å². The number of para-hydroxylation sites is 1. The lowest BCUT2D eigenvalue weighted by Gasteiger charge is -2.12. The molecule has 4 rings (SSSR count). The molecule has 8 nitrogen and oxygen atoms in total. The highest BCUT2D eigenvalue weighted by atomic mass is 16.5. The van der Waals surface area contributed by atoms with Gasteiger partial charge in [0.2, 0.25) is 0 Å². The molecule has 0 aliphatic carbocycles. The molecule has 0 saturated heterocycles. The minimum absolute atomic E-state index is 0.108. The van der Waals surface area contributed by atoms with Crippen LogP contribution in [0.3, 0.4) is 0 Å². The SMILES string of the molecule is CC(NC(=O)COc1cccc(-n2cnnn2)c1)c1cc2ccccc2o1. The van der Waals surface area contributed by atoms with Crippen molar-refractivity contribution in [2.45, 2.75) is 13.0 Å². The number of ether oxygens (including phenoxy) is 1. The summed E-state index contributed by atoms with van der Waals surface area (Å²) in [7, 11) is 0. The number of hydrogen-bond donors (Lipinski definition) is 1. The number of benzene rings is 2. The van der Waals surface area contributed by atoms with Crippen LogP contribution in [0.2, 0.25) is 0 Å². The van der Waals surface area contributed by atoms with Gasteiger partial charge in [-0.15, -0.1) is 5.10 Å². The smallest absolute Gasteiger partial charge is 0.258 e. The zero-order valence-corrected chi connectivity index (χ0v) is 14.6. The summed E-state index contributed by atoms with van der Waals surface area (Å²) in [6, 6.07) is 16.6. The number of nitrogens with one attached hydrogen (secondary N) is 1. The number of furan rings is 1. The number of carbonyl (C=O) groups is 1. The Hall–Kier alpha value is -3.68. The highest BCUT2D eigenvalue weighted by Crippen LogP contribution is 2.23. The molecule has 27 heavy (non-hydrogen) atoms. The first-order valence-corrected chi connectivity index (χ1v) is 8.43. The Balaban J connectivity index is 1.36. The van der Waals surface area contributed by atoms with E-state index >= 15 is 0 Å². The Kier molecular flexibility index (Phi) is 4.52. The van der Waals surface area contributed by atoms with Crippen molar-refractivity contribution in [2.24, 2.45) is 0 Å². The van der Waals surface area contributed by atoms with Crippen LogP contribution in [-0.2, 0) is 4.79 Å². The highest BCUT2D eigenvalue weighted by molar-refractivity contribution is 5.79. The number of tetrazole rings is 1. The number of amides is 1. The molecule has 0 spiro atoms. The van der Waals surface area contributed by atoms with E-state index in [1.165, 1.54) is 11.0 Å². The Morgan fingerprint density at radius 2 is 2.11 bits per heavy atom. The van der Waals surface area contributed by atoms with Crippen LogP contribution in [0.15, 0.2) is 65.3 Å². The first-order valence-electron chi connectivity index (χ1n) is 8.43. The van der Waals surface area contributed by atoms with Gasteiger partial charge < -0.3 is 14.5 Å². The number of nitrogens with zero attached hydrogens (tertiary/aromatic N) is 4. The van der Waals surface area contributed by atoms with Crippen LogP contribution in [0.5, 0.6) is 5.75 Å². The molecule has 1 N–H and O–H groups in total. The maximum atomic E-state index is 12.2. The van der Waals surface area contributed by atoms with E-state index < -0.39 is 0 Å². The number of aromatic nitrogens is 4. The second-order valence-electron chi connectivity index (χ2n) is 6.02. The van der Waals surface area contributed by atoms with Gasteiger partial charge in [-0.1, -0.05) is 24.3 Å². The van der Waals surface area contributed by atoms with E-state index in [0.717, 1.165) is 16.7 Å². The highest BCUT2D eigenvalue weighted by Gasteiger charge is 2.14. The normalized spacial score (nSPS) is 12.0. The molecule has 0 aliphatic rings. The Morgan fingerprint density at radius 1 is 1.22 bits per heavy atom. The van der Waals surface area contributed by atoms with Crippen molar-refractivity contribution < 1.29 is 13.9 Å². The molecule has 1 unspecified atom stereocenters. The summed E-state index contributed by atoms with van der Waals surface area (Å²) in [6.45, 7) is 1.76. The van der Waals surface area contributed by atoms with Gasteiger partial charge in [-0.05, 0) is 41.6 Å². The van der Waals surface area contributed by atoms with E-state index in [1.807, 2.05) is 43.3 Å².